The van der Waals surface area contributed by atoms with E-state index in [2.05, 4.69) is 33.4 Å². The third-order valence-electron chi connectivity index (χ3n) is 6.76. The number of halogens is 1. The highest BCUT2D eigenvalue weighted by Gasteiger charge is 2.60. The lowest BCUT2D eigenvalue weighted by atomic mass is 9.85. The third-order valence-corrected chi connectivity index (χ3v) is 7.26. The van der Waals surface area contributed by atoms with Gasteiger partial charge in [0, 0.05) is 10.2 Å². The minimum Gasteiger partial charge on any atom is -0.326 e. The number of aryl methyl sites for hydroxylation is 1. The third kappa shape index (κ3) is 3.53. The molecule has 2 bridgehead atoms. The molecule has 5 rings (SSSR count). The molecule has 5 atom stereocenters. The number of amides is 3. The van der Waals surface area contributed by atoms with Gasteiger partial charge in [-0.3, -0.25) is 19.3 Å². The first-order valence-electron chi connectivity index (χ1n) is 10.6. The van der Waals surface area contributed by atoms with Crippen molar-refractivity contribution in [3.8, 4) is 0 Å². The van der Waals surface area contributed by atoms with Gasteiger partial charge in [0.05, 0.1) is 24.3 Å². The highest BCUT2D eigenvalue weighted by atomic mass is 79.9. The number of nitrogens with one attached hydrogen (secondary N) is 1. The van der Waals surface area contributed by atoms with Gasteiger partial charge >= 0.3 is 0 Å². The second kappa shape index (κ2) is 7.75. The summed E-state index contributed by atoms with van der Waals surface area (Å²) in [6, 6.07) is 14.4. The summed E-state index contributed by atoms with van der Waals surface area (Å²) in [6.07, 6.45) is 5.07. The van der Waals surface area contributed by atoms with Gasteiger partial charge < -0.3 is 5.32 Å². The van der Waals surface area contributed by atoms with Crippen LogP contribution < -0.4 is 5.32 Å². The topological polar surface area (TPSA) is 66.5 Å². The second-order valence-corrected chi connectivity index (χ2v) is 9.65. The standard InChI is InChI=1S/C25H23BrN2O3/c1-14-5-9-19(10-6-14)27-21(29)13-20(15-3-2-4-18(26)12-15)28-24(30)22-16-7-8-17(11-16)23(22)25(28)31/h2-10,12,16-17,20,22-23H,11,13H2,1H3,(H,27,29). The van der Waals surface area contributed by atoms with Gasteiger partial charge in [-0.15, -0.1) is 0 Å². The van der Waals surface area contributed by atoms with Gasteiger partial charge in [0.25, 0.3) is 0 Å². The lowest BCUT2D eigenvalue weighted by Gasteiger charge is -2.28. The summed E-state index contributed by atoms with van der Waals surface area (Å²) in [7, 11) is 0. The summed E-state index contributed by atoms with van der Waals surface area (Å²) in [6.45, 7) is 1.98. The Morgan fingerprint density at radius 2 is 1.71 bits per heavy atom. The molecule has 0 spiro atoms. The quantitative estimate of drug-likeness (QED) is 0.502. The SMILES string of the molecule is Cc1ccc(NC(=O)CC(c2cccc(Br)c2)N2C(=O)C3C4C=CC(C4)C3C2=O)cc1. The fourth-order valence-electron chi connectivity index (χ4n) is 5.33. The van der Waals surface area contributed by atoms with Crippen LogP contribution in [0.25, 0.3) is 0 Å². The molecule has 0 aromatic heterocycles. The average molecular weight is 479 g/mol. The Balaban J connectivity index is 1.44. The van der Waals surface area contributed by atoms with Crippen LogP contribution in [0.3, 0.4) is 0 Å². The number of allylic oxidation sites excluding steroid dienone is 2. The molecule has 158 valence electrons. The molecule has 2 aromatic carbocycles. The average Bonchev–Trinajstić information content (AvgIpc) is 3.42. The van der Waals surface area contributed by atoms with Crippen LogP contribution in [-0.4, -0.2) is 22.6 Å². The largest absolute Gasteiger partial charge is 0.326 e. The van der Waals surface area contributed by atoms with Crippen LogP contribution in [0.15, 0.2) is 65.2 Å². The van der Waals surface area contributed by atoms with Gasteiger partial charge in [0.1, 0.15) is 0 Å². The maximum absolute atomic E-state index is 13.4. The van der Waals surface area contributed by atoms with Crippen molar-refractivity contribution < 1.29 is 14.4 Å². The van der Waals surface area contributed by atoms with E-state index in [1.54, 1.807) is 0 Å². The molecular weight excluding hydrogens is 456 g/mol. The molecule has 2 fully saturated rings. The summed E-state index contributed by atoms with van der Waals surface area (Å²) in [5, 5.41) is 2.91. The van der Waals surface area contributed by atoms with E-state index in [-0.39, 0.29) is 47.8 Å². The van der Waals surface area contributed by atoms with E-state index in [0.717, 1.165) is 22.0 Å². The number of rotatable bonds is 5. The van der Waals surface area contributed by atoms with Crippen LogP contribution in [0.5, 0.6) is 0 Å². The molecule has 1 saturated carbocycles. The summed E-state index contributed by atoms with van der Waals surface area (Å²) in [4.78, 5) is 41.1. The smallest absolute Gasteiger partial charge is 0.234 e. The number of anilines is 1. The number of imide groups is 1. The maximum Gasteiger partial charge on any atom is 0.234 e. The Morgan fingerprint density at radius 1 is 1.06 bits per heavy atom. The van der Waals surface area contributed by atoms with E-state index in [1.165, 1.54) is 4.90 Å². The van der Waals surface area contributed by atoms with Crippen molar-refractivity contribution in [2.75, 3.05) is 5.32 Å². The minimum atomic E-state index is -0.632. The molecule has 3 aliphatic rings. The number of carbonyl (C=O) groups excluding carboxylic acids is 3. The van der Waals surface area contributed by atoms with Crippen molar-refractivity contribution in [1.29, 1.82) is 0 Å². The van der Waals surface area contributed by atoms with Crippen LogP contribution in [0.2, 0.25) is 0 Å². The first-order chi connectivity index (χ1) is 14.9. The molecule has 5 nitrogen and oxygen atoms in total. The molecule has 0 radical (unpaired) electrons. The summed E-state index contributed by atoms with van der Waals surface area (Å²) < 4.78 is 0.843. The van der Waals surface area contributed by atoms with Crippen molar-refractivity contribution >= 4 is 39.3 Å². The summed E-state index contributed by atoms with van der Waals surface area (Å²) in [5.74, 6) is -0.788. The van der Waals surface area contributed by atoms with E-state index >= 15 is 0 Å². The molecular formula is C25H23BrN2O3. The fraction of sp³-hybridized carbons (Fsp3) is 0.320. The van der Waals surface area contributed by atoms with Crippen molar-refractivity contribution in [1.82, 2.24) is 4.90 Å². The molecule has 2 aromatic rings. The van der Waals surface area contributed by atoms with E-state index in [4.69, 9.17) is 0 Å². The molecule has 5 unspecified atom stereocenters. The second-order valence-electron chi connectivity index (χ2n) is 8.74. The Kier molecular flexibility index (Phi) is 5.05. The Bertz CT molecular complexity index is 1060. The first-order valence-corrected chi connectivity index (χ1v) is 11.4. The Labute approximate surface area is 189 Å². The molecule has 1 N–H and O–H groups in total. The monoisotopic (exact) mass is 478 g/mol. The molecule has 2 aliphatic carbocycles. The lowest BCUT2D eigenvalue weighted by molar-refractivity contribution is -0.144. The Morgan fingerprint density at radius 3 is 2.32 bits per heavy atom. The van der Waals surface area contributed by atoms with Gasteiger partial charge in [0.15, 0.2) is 0 Å². The van der Waals surface area contributed by atoms with Crippen molar-refractivity contribution in [3.05, 3.63) is 76.3 Å². The van der Waals surface area contributed by atoms with E-state index in [9.17, 15) is 14.4 Å². The van der Waals surface area contributed by atoms with Crippen LogP contribution in [0, 0.1) is 30.6 Å². The van der Waals surface area contributed by atoms with Crippen LogP contribution in [0.4, 0.5) is 5.69 Å². The summed E-state index contributed by atoms with van der Waals surface area (Å²) >= 11 is 3.47. The van der Waals surface area contributed by atoms with Crippen LogP contribution in [0.1, 0.15) is 30.0 Å². The predicted octanol–water partition coefficient (Wildman–Crippen LogP) is 4.63. The van der Waals surface area contributed by atoms with Gasteiger partial charge in [-0.05, 0) is 55.0 Å². The predicted molar refractivity (Wildman–Crippen MR) is 121 cm³/mol. The van der Waals surface area contributed by atoms with E-state index in [0.29, 0.717) is 5.69 Å². The number of fused-ring (bicyclic) bond motifs is 5. The molecule has 1 saturated heterocycles. The van der Waals surface area contributed by atoms with Crippen molar-refractivity contribution in [2.24, 2.45) is 23.7 Å². The first kappa shape index (κ1) is 20.2. The van der Waals surface area contributed by atoms with Gasteiger partial charge in [-0.1, -0.05) is 57.9 Å². The number of benzene rings is 2. The van der Waals surface area contributed by atoms with Crippen molar-refractivity contribution in [2.45, 2.75) is 25.8 Å². The minimum absolute atomic E-state index is 0.0179. The lowest BCUT2D eigenvalue weighted by Crippen LogP contribution is -2.38. The highest BCUT2D eigenvalue weighted by Crippen LogP contribution is 2.54. The summed E-state index contributed by atoms with van der Waals surface area (Å²) in [5.41, 5.74) is 2.57. The normalized spacial score (nSPS) is 27.0. The maximum atomic E-state index is 13.4. The molecule has 1 heterocycles. The highest BCUT2D eigenvalue weighted by molar-refractivity contribution is 9.10. The van der Waals surface area contributed by atoms with Gasteiger partial charge in [0.2, 0.25) is 17.7 Å². The zero-order chi connectivity index (χ0) is 21.7. The number of nitrogens with zero attached hydrogens (tertiary/aromatic N) is 1. The van der Waals surface area contributed by atoms with Crippen molar-refractivity contribution in [3.63, 3.8) is 0 Å². The van der Waals surface area contributed by atoms with Crippen LogP contribution >= 0.6 is 15.9 Å². The fourth-order valence-corrected chi connectivity index (χ4v) is 5.75. The van der Waals surface area contributed by atoms with E-state index < -0.39 is 6.04 Å². The molecule has 31 heavy (non-hydrogen) atoms. The molecule has 1 aliphatic heterocycles. The zero-order valence-corrected chi connectivity index (χ0v) is 18.7. The van der Waals surface area contributed by atoms with E-state index in [1.807, 2.05) is 55.5 Å². The van der Waals surface area contributed by atoms with Crippen LogP contribution in [-0.2, 0) is 14.4 Å². The van der Waals surface area contributed by atoms with Gasteiger partial charge in [-0.2, -0.15) is 0 Å². The number of hydrogen-bond donors (Lipinski definition) is 1. The van der Waals surface area contributed by atoms with Gasteiger partial charge in [-0.25, -0.2) is 0 Å². The Hall–Kier alpha value is -2.73. The molecule has 6 heteroatoms. The number of carbonyl (C=O) groups is 3. The number of likely N-dealkylation sites (tertiary alicyclic amines) is 1. The molecule has 3 amide bonds. The number of hydrogen-bond acceptors (Lipinski definition) is 3. The zero-order valence-electron chi connectivity index (χ0n) is 17.1.